The molecule has 0 aliphatic heterocycles. The highest BCUT2D eigenvalue weighted by Gasteiger charge is 2.48. The van der Waals surface area contributed by atoms with Crippen molar-refractivity contribution in [1.82, 2.24) is 15.0 Å². The number of aromatic nitrogens is 3. The molecular weight excluding hydrogens is 164 g/mol. The molecule has 0 amide bonds. The van der Waals surface area contributed by atoms with Gasteiger partial charge in [-0.1, -0.05) is 5.21 Å². The van der Waals surface area contributed by atoms with E-state index in [4.69, 9.17) is 5.26 Å². The Labute approximate surface area is 77.2 Å². The molecule has 0 atom stereocenters. The lowest BCUT2D eigenvalue weighted by atomic mass is 10.0. The van der Waals surface area contributed by atoms with Crippen molar-refractivity contribution in [2.24, 2.45) is 0 Å². The predicted molar refractivity (Wildman–Crippen MR) is 47.0 cm³/mol. The molecule has 0 bridgehead atoms. The van der Waals surface area contributed by atoms with Gasteiger partial charge in [0.15, 0.2) is 0 Å². The Morgan fingerprint density at radius 1 is 1.62 bits per heavy atom. The number of nitriles is 1. The molecule has 1 aliphatic rings. The molecule has 1 saturated carbocycles. The summed E-state index contributed by atoms with van der Waals surface area (Å²) in [5.41, 5.74) is 1.63. The molecule has 0 N–H and O–H groups in total. The van der Waals surface area contributed by atoms with E-state index in [1.165, 1.54) is 0 Å². The zero-order valence-corrected chi connectivity index (χ0v) is 7.91. The van der Waals surface area contributed by atoms with Gasteiger partial charge >= 0.3 is 0 Å². The maximum absolute atomic E-state index is 8.99. The highest BCUT2D eigenvalue weighted by Crippen LogP contribution is 2.47. The molecule has 0 saturated heterocycles. The van der Waals surface area contributed by atoms with E-state index >= 15 is 0 Å². The van der Waals surface area contributed by atoms with Crippen LogP contribution in [-0.4, -0.2) is 15.0 Å². The standard InChI is InChI=1S/C9H12N4/c1-3-13-7(2)8(11-12-13)9(6-10)4-5-9/h3-5H2,1-2H3. The number of aryl methyl sites for hydroxylation is 1. The summed E-state index contributed by atoms with van der Waals surface area (Å²) < 4.78 is 1.84. The van der Waals surface area contributed by atoms with Gasteiger partial charge in [0.2, 0.25) is 0 Å². The zero-order valence-electron chi connectivity index (χ0n) is 7.91. The SMILES string of the molecule is CCn1nnc(C2(C#N)CC2)c1C. The number of hydrogen-bond donors (Lipinski definition) is 0. The van der Waals surface area contributed by atoms with Gasteiger partial charge in [0.05, 0.1) is 11.8 Å². The van der Waals surface area contributed by atoms with Gasteiger partial charge in [-0.15, -0.1) is 5.10 Å². The topological polar surface area (TPSA) is 54.5 Å². The van der Waals surface area contributed by atoms with E-state index in [-0.39, 0.29) is 5.41 Å². The Balaban J connectivity index is 2.43. The van der Waals surface area contributed by atoms with Gasteiger partial charge in [0.1, 0.15) is 11.1 Å². The lowest BCUT2D eigenvalue weighted by Crippen LogP contribution is -2.06. The summed E-state index contributed by atoms with van der Waals surface area (Å²) >= 11 is 0. The van der Waals surface area contributed by atoms with Crippen molar-refractivity contribution in [3.63, 3.8) is 0 Å². The molecular formula is C9H12N4. The van der Waals surface area contributed by atoms with E-state index in [2.05, 4.69) is 16.4 Å². The lowest BCUT2D eigenvalue weighted by molar-refractivity contribution is 0.611. The van der Waals surface area contributed by atoms with Crippen LogP contribution in [0.4, 0.5) is 0 Å². The van der Waals surface area contributed by atoms with Crippen LogP contribution < -0.4 is 0 Å². The quantitative estimate of drug-likeness (QED) is 0.679. The monoisotopic (exact) mass is 176 g/mol. The minimum Gasteiger partial charge on any atom is -0.250 e. The molecule has 1 aromatic rings. The van der Waals surface area contributed by atoms with Crippen molar-refractivity contribution in [3.8, 4) is 6.07 Å². The lowest BCUT2D eigenvalue weighted by Gasteiger charge is -2.02. The Morgan fingerprint density at radius 2 is 2.31 bits per heavy atom. The second-order valence-corrected chi connectivity index (χ2v) is 3.53. The molecule has 0 spiro atoms. The molecule has 0 aromatic carbocycles. The molecule has 13 heavy (non-hydrogen) atoms. The summed E-state index contributed by atoms with van der Waals surface area (Å²) in [5.74, 6) is 0. The third-order valence-electron chi connectivity index (χ3n) is 2.70. The summed E-state index contributed by atoms with van der Waals surface area (Å²) in [6, 6.07) is 2.33. The van der Waals surface area contributed by atoms with Gasteiger partial charge < -0.3 is 0 Å². The average molecular weight is 176 g/mol. The first-order valence-electron chi connectivity index (χ1n) is 4.55. The molecule has 4 nitrogen and oxygen atoms in total. The second-order valence-electron chi connectivity index (χ2n) is 3.53. The summed E-state index contributed by atoms with van der Waals surface area (Å²) in [6.45, 7) is 4.83. The normalized spacial score (nSPS) is 18.2. The molecule has 1 aromatic heterocycles. The van der Waals surface area contributed by atoms with E-state index < -0.39 is 0 Å². The minimum absolute atomic E-state index is 0.294. The first kappa shape index (κ1) is 8.24. The first-order chi connectivity index (χ1) is 6.23. The Bertz CT molecular complexity index is 367. The van der Waals surface area contributed by atoms with Gasteiger partial charge in [-0.2, -0.15) is 5.26 Å². The van der Waals surface area contributed by atoms with Gasteiger partial charge in [0.25, 0.3) is 0 Å². The van der Waals surface area contributed by atoms with Crippen LogP contribution >= 0.6 is 0 Å². The van der Waals surface area contributed by atoms with Gasteiger partial charge in [-0.25, -0.2) is 4.68 Å². The fourth-order valence-corrected chi connectivity index (χ4v) is 1.63. The number of nitrogens with zero attached hydrogens (tertiary/aromatic N) is 4. The maximum Gasteiger partial charge on any atom is 0.106 e. The number of rotatable bonds is 2. The smallest absolute Gasteiger partial charge is 0.106 e. The Kier molecular flexibility index (Phi) is 1.62. The van der Waals surface area contributed by atoms with Crippen molar-refractivity contribution >= 4 is 0 Å². The minimum atomic E-state index is -0.294. The molecule has 1 fully saturated rings. The summed E-state index contributed by atoms with van der Waals surface area (Å²) in [7, 11) is 0. The summed E-state index contributed by atoms with van der Waals surface area (Å²) in [4.78, 5) is 0. The first-order valence-corrected chi connectivity index (χ1v) is 4.55. The van der Waals surface area contributed by atoms with Crippen LogP contribution in [0.2, 0.25) is 0 Å². The van der Waals surface area contributed by atoms with Crippen molar-refractivity contribution in [3.05, 3.63) is 11.4 Å². The fourth-order valence-electron chi connectivity index (χ4n) is 1.63. The third-order valence-corrected chi connectivity index (χ3v) is 2.70. The molecule has 0 unspecified atom stereocenters. The molecule has 1 aliphatic carbocycles. The zero-order chi connectivity index (χ0) is 9.47. The van der Waals surface area contributed by atoms with Gasteiger partial charge in [-0.3, -0.25) is 0 Å². The third kappa shape index (κ3) is 1.04. The average Bonchev–Trinajstić information content (AvgIpc) is 2.85. The maximum atomic E-state index is 8.99. The van der Waals surface area contributed by atoms with E-state index in [0.29, 0.717) is 0 Å². The molecule has 0 radical (unpaired) electrons. The summed E-state index contributed by atoms with van der Waals surface area (Å²) in [6.07, 6.45) is 1.87. The highest BCUT2D eigenvalue weighted by molar-refractivity contribution is 5.35. The van der Waals surface area contributed by atoms with Crippen LogP contribution in [0.15, 0.2) is 0 Å². The van der Waals surface area contributed by atoms with Crippen LogP contribution in [0, 0.1) is 18.3 Å². The van der Waals surface area contributed by atoms with Gasteiger partial charge in [-0.05, 0) is 26.7 Å². The van der Waals surface area contributed by atoms with Crippen molar-refractivity contribution in [2.75, 3.05) is 0 Å². The van der Waals surface area contributed by atoms with Crippen LogP contribution in [0.1, 0.15) is 31.2 Å². The van der Waals surface area contributed by atoms with Crippen molar-refractivity contribution in [1.29, 1.82) is 5.26 Å². The van der Waals surface area contributed by atoms with E-state index in [1.54, 1.807) is 0 Å². The Morgan fingerprint density at radius 3 is 2.69 bits per heavy atom. The van der Waals surface area contributed by atoms with E-state index in [9.17, 15) is 0 Å². The number of hydrogen-bond acceptors (Lipinski definition) is 3. The molecule has 2 rings (SSSR count). The van der Waals surface area contributed by atoms with Gasteiger partial charge in [0, 0.05) is 6.54 Å². The largest absolute Gasteiger partial charge is 0.250 e. The fraction of sp³-hybridized carbons (Fsp3) is 0.667. The molecule has 68 valence electrons. The highest BCUT2D eigenvalue weighted by atomic mass is 15.4. The molecule has 1 heterocycles. The van der Waals surface area contributed by atoms with Crippen molar-refractivity contribution < 1.29 is 0 Å². The van der Waals surface area contributed by atoms with E-state index in [1.807, 2.05) is 18.5 Å². The summed E-state index contributed by atoms with van der Waals surface area (Å²) in [5, 5.41) is 17.1. The van der Waals surface area contributed by atoms with Crippen LogP contribution in [0.3, 0.4) is 0 Å². The van der Waals surface area contributed by atoms with Crippen LogP contribution in [0.5, 0.6) is 0 Å². The second kappa shape index (κ2) is 2.56. The molecule has 4 heteroatoms. The Hall–Kier alpha value is -1.37. The van der Waals surface area contributed by atoms with Crippen molar-refractivity contribution in [2.45, 2.75) is 38.6 Å². The predicted octanol–water partition coefficient (Wildman–Crippen LogP) is 1.16. The van der Waals surface area contributed by atoms with E-state index in [0.717, 1.165) is 30.8 Å². The van der Waals surface area contributed by atoms with Crippen LogP contribution in [0.25, 0.3) is 0 Å². The van der Waals surface area contributed by atoms with Crippen LogP contribution in [-0.2, 0) is 12.0 Å².